The van der Waals surface area contributed by atoms with Gasteiger partial charge in [-0.05, 0) is 25.3 Å². The Bertz CT molecular complexity index is 574. The highest BCUT2D eigenvalue weighted by Crippen LogP contribution is 2.40. The first-order valence-corrected chi connectivity index (χ1v) is 6.74. The molecule has 0 aromatic heterocycles. The van der Waals surface area contributed by atoms with Crippen LogP contribution in [0.2, 0.25) is 0 Å². The maximum Gasteiger partial charge on any atom is 0.184 e. The molecule has 20 heavy (non-hydrogen) atoms. The number of rotatable bonds is 6. The molecule has 2 aromatic rings. The molecule has 0 aliphatic heterocycles. The van der Waals surface area contributed by atoms with Crippen LogP contribution in [0.3, 0.4) is 0 Å². The quantitative estimate of drug-likeness (QED) is 0.818. The molecular weight excluding hydrogens is 256 g/mol. The standard InChI is InChI=1S/C16H20O4/c1-4-19-16(20-5-2)13-10-14(17)15(18-3)12-9-7-6-8-11(12)13/h6-10,16-17H,4-5H2,1-3H3. The third-order valence-electron chi connectivity index (χ3n) is 3.10. The van der Waals surface area contributed by atoms with Gasteiger partial charge in [0.2, 0.25) is 0 Å². The lowest BCUT2D eigenvalue weighted by Crippen LogP contribution is -2.09. The van der Waals surface area contributed by atoms with Crippen molar-refractivity contribution in [2.24, 2.45) is 0 Å². The lowest BCUT2D eigenvalue weighted by molar-refractivity contribution is -0.139. The number of fused-ring (bicyclic) bond motifs is 1. The zero-order valence-corrected chi connectivity index (χ0v) is 12.1. The molecule has 2 aromatic carbocycles. The van der Waals surface area contributed by atoms with Gasteiger partial charge in [-0.1, -0.05) is 24.3 Å². The average Bonchev–Trinajstić information content (AvgIpc) is 2.46. The van der Waals surface area contributed by atoms with Gasteiger partial charge < -0.3 is 19.3 Å². The van der Waals surface area contributed by atoms with Crippen LogP contribution in [0.25, 0.3) is 10.8 Å². The Morgan fingerprint density at radius 1 is 1.05 bits per heavy atom. The fourth-order valence-electron chi connectivity index (χ4n) is 2.30. The minimum atomic E-state index is -0.494. The summed E-state index contributed by atoms with van der Waals surface area (Å²) in [5, 5.41) is 11.9. The molecular formula is C16H20O4. The third kappa shape index (κ3) is 2.71. The van der Waals surface area contributed by atoms with Crippen LogP contribution < -0.4 is 4.74 Å². The van der Waals surface area contributed by atoms with Crippen LogP contribution in [0.15, 0.2) is 30.3 Å². The van der Waals surface area contributed by atoms with Crippen LogP contribution in [0.5, 0.6) is 11.5 Å². The maximum absolute atomic E-state index is 10.1. The van der Waals surface area contributed by atoms with Gasteiger partial charge in [0, 0.05) is 24.2 Å². The van der Waals surface area contributed by atoms with Crippen LogP contribution in [0, 0.1) is 0 Å². The number of aromatic hydroxyl groups is 1. The number of phenols is 1. The van der Waals surface area contributed by atoms with E-state index in [2.05, 4.69) is 0 Å². The number of methoxy groups -OCH3 is 1. The zero-order chi connectivity index (χ0) is 14.5. The van der Waals surface area contributed by atoms with Crippen molar-refractivity contribution in [1.82, 2.24) is 0 Å². The van der Waals surface area contributed by atoms with E-state index in [4.69, 9.17) is 14.2 Å². The molecule has 0 heterocycles. The van der Waals surface area contributed by atoms with Gasteiger partial charge in [-0.2, -0.15) is 0 Å². The van der Waals surface area contributed by atoms with Crippen molar-refractivity contribution in [2.75, 3.05) is 20.3 Å². The highest BCUT2D eigenvalue weighted by atomic mass is 16.7. The van der Waals surface area contributed by atoms with Crippen LogP contribution in [0.1, 0.15) is 25.7 Å². The van der Waals surface area contributed by atoms with E-state index in [9.17, 15) is 5.11 Å². The SMILES string of the molecule is CCOC(OCC)c1cc(O)c(OC)c2ccccc12. The molecule has 0 bridgehead atoms. The highest BCUT2D eigenvalue weighted by molar-refractivity contribution is 5.93. The molecule has 4 heteroatoms. The van der Waals surface area contributed by atoms with Crippen LogP contribution >= 0.6 is 0 Å². The molecule has 4 nitrogen and oxygen atoms in total. The number of hydrogen-bond acceptors (Lipinski definition) is 4. The van der Waals surface area contributed by atoms with Crippen molar-refractivity contribution < 1.29 is 19.3 Å². The molecule has 0 aliphatic carbocycles. The molecule has 0 unspecified atom stereocenters. The number of ether oxygens (including phenoxy) is 3. The first-order valence-electron chi connectivity index (χ1n) is 6.74. The second-order valence-electron chi connectivity index (χ2n) is 4.31. The summed E-state index contributed by atoms with van der Waals surface area (Å²) in [7, 11) is 1.55. The third-order valence-corrected chi connectivity index (χ3v) is 3.10. The van der Waals surface area contributed by atoms with Gasteiger partial charge in [-0.25, -0.2) is 0 Å². The van der Waals surface area contributed by atoms with Crippen LogP contribution in [-0.4, -0.2) is 25.4 Å². The molecule has 108 valence electrons. The molecule has 2 rings (SSSR count). The number of phenolic OH excluding ortho intramolecular Hbond substituents is 1. The Morgan fingerprint density at radius 3 is 2.20 bits per heavy atom. The van der Waals surface area contributed by atoms with E-state index >= 15 is 0 Å². The van der Waals surface area contributed by atoms with E-state index in [1.807, 2.05) is 38.1 Å². The molecule has 0 saturated carbocycles. The predicted molar refractivity (Wildman–Crippen MR) is 78.2 cm³/mol. The van der Waals surface area contributed by atoms with Crippen molar-refractivity contribution in [3.8, 4) is 11.5 Å². The van der Waals surface area contributed by atoms with E-state index in [0.29, 0.717) is 19.0 Å². The Labute approximate surface area is 118 Å². The van der Waals surface area contributed by atoms with E-state index < -0.39 is 6.29 Å². The minimum Gasteiger partial charge on any atom is -0.504 e. The second-order valence-corrected chi connectivity index (χ2v) is 4.31. The Hall–Kier alpha value is -1.78. The summed E-state index contributed by atoms with van der Waals surface area (Å²) in [4.78, 5) is 0. The van der Waals surface area contributed by atoms with Crippen molar-refractivity contribution >= 4 is 10.8 Å². The van der Waals surface area contributed by atoms with E-state index in [0.717, 1.165) is 16.3 Å². The van der Waals surface area contributed by atoms with Gasteiger partial charge in [0.25, 0.3) is 0 Å². The summed E-state index contributed by atoms with van der Waals surface area (Å²) in [6.07, 6.45) is -0.494. The fourth-order valence-corrected chi connectivity index (χ4v) is 2.30. The van der Waals surface area contributed by atoms with Gasteiger partial charge in [-0.15, -0.1) is 0 Å². The fraction of sp³-hybridized carbons (Fsp3) is 0.375. The smallest absolute Gasteiger partial charge is 0.184 e. The zero-order valence-electron chi connectivity index (χ0n) is 12.1. The van der Waals surface area contributed by atoms with Crippen molar-refractivity contribution in [3.63, 3.8) is 0 Å². The topological polar surface area (TPSA) is 47.9 Å². The first-order chi connectivity index (χ1) is 9.72. The van der Waals surface area contributed by atoms with Crippen molar-refractivity contribution in [1.29, 1.82) is 0 Å². The van der Waals surface area contributed by atoms with E-state index in [1.54, 1.807) is 13.2 Å². The van der Waals surface area contributed by atoms with Gasteiger partial charge in [0.15, 0.2) is 17.8 Å². The molecule has 0 fully saturated rings. The monoisotopic (exact) mass is 276 g/mol. The lowest BCUT2D eigenvalue weighted by Gasteiger charge is -2.20. The van der Waals surface area contributed by atoms with Gasteiger partial charge >= 0.3 is 0 Å². The summed E-state index contributed by atoms with van der Waals surface area (Å²) < 4.78 is 16.5. The highest BCUT2D eigenvalue weighted by Gasteiger charge is 2.19. The summed E-state index contributed by atoms with van der Waals surface area (Å²) in [5.41, 5.74) is 0.808. The average molecular weight is 276 g/mol. The Morgan fingerprint density at radius 2 is 1.65 bits per heavy atom. The largest absolute Gasteiger partial charge is 0.504 e. The molecule has 0 radical (unpaired) electrons. The molecule has 0 spiro atoms. The summed E-state index contributed by atoms with van der Waals surface area (Å²) >= 11 is 0. The maximum atomic E-state index is 10.1. The molecule has 0 amide bonds. The summed E-state index contributed by atoms with van der Waals surface area (Å²) in [6.45, 7) is 4.90. The number of benzene rings is 2. The van der Waals surface area contributed by atoms with E-state index in [-0.39, 0.29) is 5.75 Å². The number of hydrogen-bond donors (Lipinski definition) is 1. The predicted octanol–water partition coefficient (Wildman–Crippen LogP) is 3.63. The van der Waals surface area contributed by atoms with Gasteiger partial charge in [-0.3, -0.25) is 0 Å². The molecule has 1 N–H and O–H groups in total. The Kier molecular flexibility index (Phi) is 4.82. The molecule has 0 saturated heterocycles. The van der Waals surface area contributed by atoms with E-state index in [1.165, 1.54) is 0 Å². The van der Waals surface area contributed by atoms with Crippen LogP contribution in [-0.2, 0) is 9.47 Å². The van der Waals surface area contributed by atoms with Gasteiger partial charge in [0.05, 0.1) is 7.11 Å². The van der Waals surface area contributed by atoms with Crippen molar-refractivity contribution in [3.05, 3.63) is 35.9 Å². The summed E-state index contributed by atoms with van der Waals surface area (Å²) in [5.74, 6) is 0.557. The normalized spacial score (nSPS) is 11.2. The first kappa shape index (κ1) is 14.6. The second kappa shape index (κ2) is 6.59. The minimum absolute atomic E-state index is 0.0885. The lowest BCUT2D eigenvalue weighted by atomic mass is 10.0. The van der Waals surface area contributed by atoms with Gasteiger partial charge in [0.1, 0.15) is 0 Å². The Balaban J connectivity index is 2.63. The molecule has 0 aliphatic rings. The van der Waals surface area contributed by atoms with Crippen molar-refractivity contribution in [2.45, 2.75) is 20.1 Å². The van der Waals surface area contributed by atoms with Crippen LogP contribution in [0.4, 0.5) is 0 Å². The molecule has 0 atom stereocenters. The summed E-state index contributed by atoms with van der Waals surface area (Å²) in [6, 6.07) is 9.38.